The number of rotatable bonds is 2. The van der Waals surface area contributed by atoms with Crippen LogP contribution in [0.25, 0.3) is 20.9 Å². The molecule has 106 valence electrons. The minimum Gasteiger partial charge on any atom is -0.506 e. The van der Waals surface area contributed by atoms with Crippen LogP contribution in [-0.4, -0.2) is 5.11 Å². The van der Waals surface area contributed by atoms with Crippen LogP contribution in [0.2, 0.25) is 0 Å². The first-order valence-electron chi connectivity index (χ1n) is 6.91. The van der Waals surface area contributed by atoms with Crippen LogP contribution in [0.5, 0.6) is 5.75 Å². The first kappa shape index (κ1) is 13.0. The van der Waals surface area contributed by atoms with E-state index in [1.165, 1.54) is 4.70 Å². The smallest absolute Gasteiger partial charge is 0.143 e. The van der Waals surface area contributed by atoms with Crippen LogP contribution < -0.4 is 0 Å². The number of thiophene rings is 1. The molecule has 1 heterocycles. The maximum absolute atomic E-state index is 10.1. The zero-order chi connectivity index (χ0) is 14.9. The van der Waals surface area contributed by atoms with Crippen molar-refractivity contribution in [3.05, 3.63) is 66.0 Å². The van der Waals surface area contributed by atoms with Gasteiger partial charge in [0.15, 0.2) is 0 Å². The SMILES string of the molecule is Oc1ccc2ccccc2c1N=Nc1csc2ccccc12. The summed E-state index contributed by atoms with van der Waals surface area (Å²) in [6.45, 7) is 0. The standard InChI is InChI=1S/C18H12N2OS/c21-16-10-9-12-5-1-2-6-13(12)18(16)20-19-15-11-22-17-8-4-3-7-14(15)17/h1-11,21H. The van der Waals surface area contributed by atoms with E-state index in [4.69, 9.17) is 0 Å². The molecule has 4 aromatic rings. The van der Waals surface area contributed by atoms with E-state index in [1.807, 2.05) is 53.9 Å². The van der Waals surface area contributed by atoms with Crippen molar-refractivity contribution in [2.75, 3.05) is 0 Å². The van der Waals surface area contributed by atoms with Gasteiger partial charge in [0.25, 0.3) is 0 Å². The normalized spacial score (nSPS) is 11.6. The summed E-state index contributed by atoms with van der Waals surface area (Å²) in [5.41, 5.74) is 1.33. The second kappa shape index (κ2) is 5.24. The lowest BCUT2D eigenvalue weighted by Crippen LogP contribution is -1.74. The molecule has 3 aromatic carbocycles. The highest BCUT2D eigenvalue weighted by atomic mass is 32.1. The average molecular weight is 304 g/mol. The van der Waals surface area contributed by atoms with Crippen molar-refractivity contribution in [2.45, 2.75) is 0 Å². The van der Waals surface area contributed by atoms with Crippen molar-refractivity contribution < 1.29 is 5.11 Å². The molecular formula is C18H12N2OS. The maximum Gasteiger partial charge on any atom is 0.143 e. The number of phenols is 1. The fourth-order valence-electron chi connectivity index (χ4n) is 2.49. The number of nitrogens with zero attached hydrogens (tertiary/aromatic N) is 2. The van der Waals surface area contributed by atoms with E-state index in [9.17, 15) is 5.11 Å². The van der Waals surface area contributed by atoms with Crippen LogP contribution in [0.15, 0.2) is 76.3 Å². The Morgan fingerprint density at radius 2 is 1.55 bits per heavy atom. The van der Waals surface area contributed by atoms with Gasteiger partial charge in [-0.2, -0.15) is 0 Å². The molecule has 0 aliphatic heterocycles. The van der Waals surface area contributed by atoms with Gasteiger partial charge in [-0.15, -0.1) is 21.6 Å². The second-order valence-electron chi connectivity index (χ2n) is 4.97. The molecular weight excluding hydrogens is 292 g/mol. The Morgan fingerprint density at radius 3 is 2.45 bits per heavy atom. The fourth-order valence-corrected chi connectivity index (χ4v) is 3.36. The quantitative estimate of drug-likeness (QED) is 0.442. The summed E-state index contributed by atoms with van der Waals surface area (Å²) in [6, 6.07) is 19.5. The van der Waals surface area contributed by atoms with Gasteiger partial charge in [-0.25, -0.2) is 0 Å². The molecule has 0 radical (unpaired) electrons. The minimum absolute atomic E-state index is 0.141. The Morgan fingerprint density at radius 1 is 0.773 bits per heavy atom. The summed E-state index contributed by atoms with van der Waals surface area (Å²) in [5.74, 6) is 0.141. The molecule has 22 heavy (non-hydrogen) atoms. The zero-order valence-corrected chi connectivity index (χ0v) is 12.4. The number of benzene rings is 3. The Labute approximate surface area is 131 Å². The third-order valence-electron chi connectivity index (χ3n) is 3.60. The highest BCUT2D eigenvalue weighted by molar-refractivity contribution is 7.17. The molecule has 3 nitrogen and oxygen atoms in total. The van der Waals surface area contributed by atoms with Gasteiger partial charge in [0.1, 0.15) is 17.1 Å². The van der Waals surface area contributed by atoms with Crippen LogP contribution in [0.1, 0.15) is 0 Å². The van der Waals surface area contributed by atoms with Crippen molar-refractivity contribution in [1.82, 2.24) is 0 Å². The molecule has 0 unspecified atom stereocenters. The summed E-state index contributed by atoms with van der Waals surface area (Å²) in [4.78, 5) is 0. The summed E-state index contributed by atoms with van der Waals surface area (Å²) in [7, 11) is 0. The van der Waals surface area contributed by atoms with Gasteiger partial charge >= 0.3 is 0 Å². The molecule has 0 spiro atoms. The number of hydrogen-bond acceptors (Lipinski definition) is 4. The lowest BCUT2D eigenvalue weighted by atomic mass is 10.1. The molecule has 4 rings (SSSR count). The molecule has 0 fully saturated rings. The predicted molar refractivity (Wildman–Crippen MR) is 91.6 cm³/mol. The molecule has 0 saturated heterocycles. The van der Waals surface area contributed by atoms with E-state index >= 15 is 0 Å². The highest BCUT2D eigenvalue weighted by Gasteiger charge is 2.07. The Balaban J connectivity index is 1.85. The fraction of sp³-hybridized carbons (Fsp3) is 0. The van der Waals surface area contributed by atoms with Gasteiger partial charge in [0.2, 0.25) is 0 Å². The van der Waals surface area contributed by atoms with E-state index in [-0.39, 0.29) is 5.75 Å². The zero-order valence-electron chi connectivity index (χ0n) is 11.6. The number of hydrogen-bond donors (Lipinski definition) is 1. The molecule has 0 aliphatic carbocycles. The largest absolute Gasteiger partial charge is 0.506 e. The maximum atomic E-state index is 10.1. The second-order valence-corrected chi connectivity index (χ2v) is 5.88. The monoisotopic (exact) mass is 304 g/mol. The number of fused-ring (bicyclic) bond motifs is 2. The Hall–Kier alpha value is -2.72. The van der Waals surface area contributed by atoms with Crippen LogP contribution in [0.3, 0.4) is 0 Å². The van der Waals surface area contributed by atoms with Crippen molar-refractivity contribution in [2.24, 2.45) is 10.2 Å². The van der Waals surface area contributed by atoms with Gasteiger partial charge in [0.05, 0.1) is 0 Å². The van der Waals surface area contributed by atoms with E-state index in [0.29, 0.717) is 5.69 Å². The Bertz CT molecular complexity index is 1000. The lowest BCUT2D eigenvalue weighted by molar-refractivity contribution is 0.477. The average Bonchev–Trinajstić information content (AvgIpc) is 2.97. The summed E-state index contributed by atoms with van der Waals surface area (Å²) in [6.07, 6.45) is 0. The van der Waals surface area contributed by atoms with Gasteiger partial charge < -0.3 is 5.11 Å². The van der Waals surface area contributed by atoms with E-state index in [0.717, 1.165) is 21.8 Å². The molecule has 0 amide bonds. The third kappa shape index (κ3) is 2.14. The highest BCUT2D eigenvalue weighted by Crippen LogP contribution is 2.38. The first-order chi connectivity index (χ1) is 10.8. The van der Waals surface area contributed by atoms with Crippen molar-refractivity contribution >= 4 is 43.6 Å². The number of aromatic hydroxyl groups is 1. The lowest BCUT2D eigenvalue weighted by Gasteiger charge is -2.03. The van der Waals surface area contributed by atoms with Gasteiger partial charge in [-0.1, -0.05) is 48.5 Å². The van der Waals surface area contributed by atoms with E-state index in [1.54, 1.807) is 17.4 Å². The topological polar surface area (TPSA) is 45.0 Å². The summed E-state index contributed by atoms with van der Waals surface area (Å²) in [5, 5.41) is 23.7. The molecule has 0 atom stereocenters. The minimum atomic E-state index is 0.141. The van der Waals surface area contributed by atoms with Crippen LogP contribution >= 0.6 is 11.3 Å². The van der Waals surface area contributed by atoms with Crippen molar-refractivity contribution in [3.63, 3.8) is 0 Å². The molecule has 0 bridgehead atoms. The van der Waals surface area contributed by atoms with Gasteiger partial charge in [-0.05, 0) is 17.5 Å². The summed E-state index contributed by atoms with van der Waals surface area (Å²) < 4.78 is 1.18. The Kier molecular flexibility index (Phi) is 3.09. The molecule has 0 saturated carbocycles. The number of phenolic OH excluding ortho intramolecular Hbond substituents is 1. The first-order valence-corrected chi connectivity index (χ1v) is 7.79. The molecule has 1 N–H and O–H groups in total. The van der Waals surface area contributed by atoms with E-state index in [2.05, 4.69) is 16.3 Å². The molecule has 4 heteroatoms. The third-order valence-corrected chi connectivity index (χ3v) is 4.55. The number of azo groups is 1. The van der Waals surface area contributed by atoms with Crippen LogP contribution in [0.4, 0.5) is 11.4 Å². The van der Waals surface area contributed by atoms with Crippen molar-refractivity contribution in [3.8, 4) is 5.75 Å². The van der Waals surface area contributed by atoms with Gasteiger partial charge in [0, 0.05) is 20.9 Å². The van der Waals surface area contributed by atoms with Crippen LogP contribution in [0, 0.1) is 0 Å². The van der Waals surface area contributed by atoms with Crippen LogP contribution in [-0.2, 0) is 0 Å². The van der Waals surface area contributed by atoms with Crippen molar-refractivity contribution in [1.29, 1.82) is 0 Å². The molecule has 1 aromatic heterocycles. The summed E-state index contributed by atoms with van der Waals surface area (Å²) >= 11 is 1.64. The molecule has 0 aliphatic rings. The van der Waals surface area contributed by atoms with Gasteiger partial charge in [-0.3, -0.25) is 0 Å². The predicted octanol–water partition coefficient (Wildman–Crippen LogP) is 6.18. The van der Waals surface area contributed by atoms with E-state index < -0.39 is 0 Å².